The molecule has 0 saturated carbocycles. The zero-order valence-electron chi connectivity index (χ0n) is 9.40. The first-order valence-corrected chi connectivity index (χ1v) is 5.09. The lowest BCUT2D eigenvalue weighted by Crippen LogP contribution is -2.04. The molecule has 2 aromatic rings. The van der Waals surface area contributed by atoms with Gasteiger partial charge in [-0.3, -0.25) is 0 Å². The van der Waals surface area contributed by atoms with Crippen LogP contribution in [0.3, 0.4) is 0 Å². The summed E-state index contributed by atoms with van der Waals surface area (Å²) in [4.78, 5) is 7.74. The Labute approximate surface area is 101 Å². The quantitative estimate of drug-likeness (QED) is 0.821. The number of halogens is 3. The van der Waals surface area contributed by atoms with Gasteiger partial charge in [0.05, 0.1) is 5.56 Å². The molecule has 0 fully saturated rings. The van der Waals surface area contributed by atoms with Crippen molar-refractivity contribution in [3.05, 3.63) is 47.9 Å². The Morgan fingerprint density at radius 3 is 2.28 bits per heavy atom. The molecule has 2 rings (SSSR count). The van der Waals surface area contributed by atoms with Crippen molar-refractivity contribution in [2.75, 3.05) is 0 Å². The number of ether oxygens (including phenoxy) is 1. The zero-order valence-corrected chi connectivity index (χ0v) is 9.40. The molecule has 1 aromatic heterocycles. The highest BCUT2D eigenvalue weighted by Gasteiger charge is 2.30. The topological polar surface area (TPSA) is 35.0 Å². The Bertz CT molecular complexity index is 538. The molecular weight excluding hydrogens is 245 g/mol. The van der Waals surface area contributed by atoms with Gasteiger partial charge in [-0.1, -0.05) is 0 Å². The fourth-order valence-corrected chi connectivity index (χ4v) is 1.32. The summed E-state index contributed by atoms with van der Waals surface area (Å²) in [6.45, 7) is 1.77. The van der Waals surface area contributed by atoms with Crippen LogP contribution in [0.25, 0.3) is 0 Å². The molecule has 6 heteroatoms. The third-order valence-corrected chi connectivity index (χ3v) is 2.18. The number of rotatable bonds is 2. The third-order valence-electron chi connectivity index (χ3n) is 2.18. The molecule has 0 aliphatic rings. The van der Waals surface area contributed by atoms with Gasteiger partial charge >= 0.3 is 6.18 Å². The Hall–Kier alpha value is -2.11. The number of nitrogens with zero attached hydrogens (tertiary/aromatic N) is 2. The van der Waals surface area contributed by atoms with Crippen LogP contribution >= 0.6 is 0 Å². The fraction of sp³-hybridized carbons (Fsp3) is 0.167. The van der Waals surface area contributed by atoms with Gasteiger partial charge in [-0.2, -0.15) is 13.2 Å². The Balaban J connectivity index is 2.16. The minimum absolute atomic E-state index is 0.293. The van der Waals surface area contributed by atoms with Crippen molar-refractivity contribution in [1.82, 2.24) is 9.97 Å². The molecule has 0 saturated heterocycles. The highest BCUT2D eigenvalue weighted by Crippen LogP contribution is 2.31. The standard InChI is InChI=1S/C12H9F3N2O/c1-8-6-11(17-7-16-8)18-10-4-2-9(3-5-10)12(13,14)15/h2-7H,1H3. The van der Waals surface area contributed by atoms with E-state index < -0.39 is 11.7 Å². The van der Waals surface area contributed by atoms with Crippen molar-refractivity contribution in [1.29, 1.82) is 0 Å². The molecule has 1 aromatic carbocycles. The Kier molecular flexibility index (Phi) is 3.18. The van der Waals surface area contributed by atoms with E-state index in [1.54, 1.807) is 13.0 Å². The van der Waals surface area contributed by atoms with Gasteiger partial charge in [0.15, 0.2) is 0 Å². The van der Waals surface area contributed by atoms with Crippen LogP contribution in [-0.2, 0) is 6.18 Å². The molecular formula is C12H9F3N2O. The van der Waals surface area contributed by atoms with Crippen LogP contribution in [0, 0.1) is 6.92 Å². The molecule has 0 aliphatic heterocycles. The minimum atomic E-state index is -4.34. The Morgan fingerprint density at radius 1 is 1.06 bits per heavy atom. The van der Waals surface area contributed by atoms with Gasteiger partial charge in [-0.05, 0) is 31.2 Å². The predicted octanol–water partition coefficient (Wildman–Crippen LogP) is 3.60. The molecule has 0 aliphatic carbocycles. The SMILES string of the molecule is Cc1cc(Oc2ccc(C(F)(F)F)cc2)ncn1. The lowest BCUT2D eigenvalue weighted by molar-refractivity contribution is -0.137. The largest absolute Gasteiger partial charge is 0.439 e. The number of aromatic nitrogens is 2. The number of alkyl halides is 3. The third kappa shape index (κ3) is 2.97. The molecule has 18 heavy (non-hydrogen) atoms. The van der Waals surface area contributed by atoms with Gasteiger partial charge in [-0.25, -0.2) is 9.97 Å². The smallest absolute Gasteiger partial charge is 0.416 e. The van der Waals surface area contributed by atoms with Crippen LogP contribution in [0.1, 0.15) is 11.3 Å². The predicted molar refractivity (Wildman–Crippen MR) is 58.3 cm³/mol. The van der Waals surface area contributed by atoms with E-state index in [0.717, 1.165) is 12.1 Å². The monoisotopic (exact) mass is 254 g/mol. The van der Waals surface area contributed by atoms with Gasteiger partial charge in [0.25, 0.3) is 0 Å². The first-order valence-electron chi connectivity index (χ1n) is 5.09. The molecule has 0 unspecified atom stereocenters. The maximum Gasteiger partial charge on any atom is 0.416 e. The van der Waals surface area contributed by atoms with E-state index in [9.17, 15) is 13.2 Å². The molecule has 0 radical (unpaired) electrons. The lowest BCUT2D eigenvalue weighted by atomic mass is 10.2. The number of benzene rings is 1. The molecule has 0 amide bonds. The maximum absolute atomic E-state index is 12.3. The molecule has 0 atom stereocenters. The van der Waals surface area contributed by atoms with Crippen molar-refractivity contribution in [3.8, 4) is 11.6 Å². The summed E-state index contributed by atoms with van der Waals surface area (Å²) in [6, 6.07) is 6.02. The van der Waals surface area contributed by atoms with E-state index in [1.807, 2.05) is 0 Å². The first kappa shape index (κ1) is 12.3. The van der Waals surface area contributed by atoms with Crippen molar-refractivity contribution in [2.24, 2.45) is 0 Å². The van der Waals surface area contributed by atoms with Gasteiger partial charge < -0.3 is 4.74 Å². The summed E-state index contributed by atoms with van der Waals surface area (Å²) >= 11 is 0. The summed E-state index contributed by atoms with van der Waals surface area (Å²) in [5.41, 5.74) is 0.000583. The average molecular weight is 254 g/mol. The number of hydrogen-bond donors (Lipinski definition) is 0. The lowest BCUT2D eigenvalue weighted by Gasteiger charge is -2.08. The molecule has 0 N–H and O–H groups in total. The van der Waals surface area contributed by atoms with E-state index >= 15 is 0 Å². The van der Waals surface area contributed by atoms with E-state index in [2.05, 4.69) is 9.97 Å². The number of aryl methyl sites for hydroxylation is 1. The van der Waals surface area contributed by atoms with Crippen LogP contribution in [0.4, 0.5) is 13.2 Å². The summed E-state index contributed by atoms with van der Waals surface area (Å²) < 4.78 is 42.3. The van der Waals surface area contributed by atoms with Crippen molar-refractivity contribution in [3.63, 3.8) is 0 Å². The molecule has 94 valence electrons. The van der Waals surface area contributed by atoms with Gasteiger partial charge in [0.1, 0.15) is 12.1 Å². The van der Waals surface area contributed by atoms with Crippen molar-refractivity contribution < 1.29 is 17.9 Å². The molecule has 3 nitrogen and oxygen atoms in total. The minimum Gasteiger partial charge on any atom is -0.439 e. The summed E-state index contributed by atoms with van der Waals surface area (Å²) in [6.07, 6.45) is -3.02. The van der Waals surface area contributed by atoms with E-state index in [-0.39, 0.29) is 0 Å². The number of hydrogen-bond acceptors (Lipinski definition) is 3. The highest BCUT2D eigenvalue weighted by molar-refractivity contribution is 5.31. The molecule has 0 spiro atoms. The molecule has 0 bridgehead atoms. The van der Waals surface area contributed by atoms with Crippen LogP contribution in [0.15, 0.2) is 36.7 Å². The second-order valence-corrected chi connectivity index (χ2v) is 3.62. The van der Waals surface area contributed by atoms with Gasteiger partial charge in [0, 0.05) is 11.8 Å². The molecule has 1 heterocycles. The van der Waals surface area contributed by atoms with E-state index in [0.29, 0.717) is 17.3 Å². The van der Waals surface area contributed by atoms with Crippen LogP contribution in [0.5, 0.6) is 11.6 Å². The summed E-state index contributed by atoms with van der Waals surface area (Å²) in [5, 5.41) is 0. The van der Waals surface area contributed by atoms with Gasteiger partial charge in [-0.15, -0.1) is 0 Å². The maximum atomic E-state index is 12.3. The van der Waals surface area contributed by atoms with Crippen LogP contribution in [0.2, 0.25) is 0 Å². The van der Waals surface area contributed by atoms with E-state index in [1.165, 1.54) is 18.5 Å². The van der Waals surface area contributed by atoms with Crippen molar-refractivity contribution in [2.45, 2.75) is 13.1 Å². The van der Waals surface area contributed by atoms with Crippen LogP contribution < -0.4 is 4.74 Å². The van der Waals surface area contributed by atoms with Crippen molar-refractivity contribution >= 4 is 0 Å². The second kappa shape index (κ2) is 4.64. The summed E-state index contributed by atoms with van der Waals surface area (Å²) in [5.74, 6) is 0.586. The van der Waals surface area contributed by atoms with Crippen LogP contribution in [-0.4, -0.2) is 9.97 Å². The zero-order chi connectivity index (χ0) is 13.2. The second-order valence-electron chi connectivity index (χ2n) is 3.62. The van der Waals surface area contributed by atoms with E-state index in [4.69, 9.17) is 4.74 Å². The normalized spacial score (nSPS) is 11.3. The Morgan fingerprint density at radius 2 is 1.72 bits per heavy atom. The summed E-state index contributed by atoms with van der Waals surface area (Å²) in [7, 11) is 0. The van der Waals surface area contributed by atoms with Gasteiger partial charge in [0.2, 0.25) is 5.88 Å². The first-order chi connectivity index (χ1) is 8.45. The highest BCUT2D eigenvalue weighted by atomic mass is 19.4. The fourth-order valence-electron chi connectivity index (χ4n) is 1.32. The average Bonchev–Trinajstić information content (AvgIpc) is 2.28.